The molecule has 1 aromatic rings. The van der Waals surface area contributed by atoms with E-state index in [0.717, 1.165) is 38.0 Å². The van der Waals surface area contributed by atoms with Gasteiger partial charge in [-0.1, -0.05) is 25.5 Å². The molecule has 148 valence electrons. The number of alkyl halides is 3. The van der Waals surface area contributed by atoms with Gasteiger partial charge >= 0.3 is 6.18 Å². The zero-order valence-corrected chi connectivity index (χ0v) is 15.4. The monoisotopic (exact) mass is 375 g/mol. The Morgan fingerprint density at radius 1 is 1.15 bits per heavy atom. The lowest BCUT2D eigenvalue weighted by atomic mass is 10.2. The molecule has 0 aliphatic heterocycles. The smallest absolute Gasteiger partial charge is 0.422 e. The first-order valence-corrected chi connectivity index (χ1v) is 8.75. The van der Waals surface area contributed by atoms with Gasteiger partial charge in [-0.05, 0) is 30.5 Å². The topological polar surface area (TPSA) is 54.9 Å². The maximum absolute atomic E-state index is 12.2. The molecule has 0 spiro atoms. The molecule has 0 fully saturated rings. The van der Waals surface area contributed by atoms with Gasteiger partial charge in [0.2, 0.25) is 0 Å². The number of guanidine groups is 1. The molecule has 0 saturated heterocycles. The minimum Gasteiger partial charge on any atom is -0.484 e. The lowest BCUT2D eigenvalue weighted by molar-refractivity contribution is -0.153. The third-order valence-electron chi connectivity index (χ3n) is 3.38. The van der Waals surface area contributed by atoms with E-state index in [1.807, 2.05) is 6.07 Å². The molecule has 2 N–H and O–H groups in total. The number of nitrogens with zero attached hydrogens (tertiary/aromatic N) is 1. The van der Waals surface area contributed by atoms with Crippen molar-refractivity contribution in [3.8, 4) is 5.75 Å². The van der Waals surface area contributed by atoms with Crippen LogP contribution in [0.25, 0.3) is 0 Å². The third kappa shape index (κ3) is 10.8. The largest absolute Gasteiger partial charge is 0.484 e. The van der Waals surface area contributed by atoms with Gasteiger partial charge in [0.15, 0.2) is 12.6 Å². The molecular weight excluding hydrogens is 347 g/mol. The number of aliphatic imine (C=N–C) groups is 1. The van der Waals surface area contributed by atoms with Gasteiger partial charge in [-0.3, -0.25) is 4.99 Å². The first-order valence-electron chi connectivity index (χ1n) is 8.75. The van der Waals surface area contributed by atoms with E-state index < -0.39 is 12.8 Å². The van der Waals surface area contributed by atoms with E-state index in [9.17, 15) is 13.2 Å². The summed E-state index contributed by atoms with van der Waals surface area (Å²) in [6.45, 7) is 3.46. The quantitative estimate of drug-likeness (QED) is 0.353. The summed E-state index contributed by atoms with van der Waals surface area (Å²) in [7, 11) is 1.66. The van der Waals surface area contributed by atoms with Crippen LogP contribution in [0.1, 0.15) is 31.7 Å². The summed E-state index contributed by atoms with van der Waals surface area (Å²) in [4.78, 5) is 4.11. The summed E-state index contributed by atoms with van der Waals surface area (Å²) in [5.41, 5.74) is 0.801. The van der Waals surface area contributed by atoms with Crippen molar-refractivity contribution >= 4 is 5.96 Å². The molecule has 26 heavy (non-hydrogen) atoms. The highest BCUT2D eigenvalue weighted by molar-refractivity contribution is 5.79. The molecule has 8 heteroatoms. The van der Waals surface area contributed by atoms with Gasteiger partial charge in [0.05, 0.1) is 0 Å². The number of nitrogens with one attached hydrogen (secondary N) is 2. The van der Waals surface area contributed by atoms with Crippen molar-refractivity contribution in [3.05, 3.63) is 29.8 Å². The summed E-state index contributed by atoms with van der Waals surface area (Å²) < 4.78 is 46.9. The van der Waals surface area contributed by atoms with Gasteiger partial charge in [-0.2, -0.15) is 13.2 Å². The van der Waals surface area contributed by atoms with Crippen LogP contribution in [0.5, 0.6) is 5.75 Å². The molecule has 0 atom stereocenters. The Labute approximate surface area is 153 Å². The van der Waals surface area contributed by atoms with Gasteiger partial charge < -0.3 is 20.1 Å². The molecule has 0 aliphatic rings. The van der Waals surface area contributed by atoms with Crippen LogP contribution in [-0.2, 0) is 11.3 Å². The fourth-order valence-electron chi connectivity index (χ4n) is 2.05. The number of hydrogen-bond acceptors (Lipinski definition) is 3. The number of hydrogen-bond donors (Lipinski definition) is 2. The van der Waals surface area contributed by atoms with Crippen LogP contribution < -0.4 is 15.4 Å². The highest BCUT2D eigenvalue weighted by Gasteiger charge is 2.28. The van der Waals surface area contributed by atoms with Crippen molar-refractivity contribution in [2.24, 2.45) is 4.99 Å². The number of unbranched alkanes of at least 4 members (excludes halogenated alkanes) is 1. The summed E-state index contributed by atoms with van der Waals surface area (Å²) >= 11 is 0. The normalized spacial score (nSPS) is 12.1. The van der Waals surface area contributed by atoms with Crippen molar-refractivity contribution in [2.75, 3.05) is 33.4 Å². The second-order valence-electron chi connectivity index (χ2n) is 5.72. The first kappa shape index (κ1) is 22.1. The Morgan fingerprint density at radius 2 is 1.92 bits per heavy atom. The van der Waals surface area contributed by atoms with Gasteiger partial charge in [-0.25, -0.2) is 0 Å². The average molecular weight is 375 g/mol. The highest BCUT2D eigenvalue weighted by Crippen LogP contribution is 2.19. The number of halogens is 3. The fraction of sp³-hybridized carbons (Fsp3) is 0.611. The minimum atomic E-state index is -4.35. The predicted molar refractivity (Wildman–Crippen MR) is 96.5 cm³/mol. The molecule has 0 unspecified atom stereocenters. The molecule has 5 nitrogen and oxygen atoms in total. The molecule has 0 radical (unpaired) electrons. The van der Waals surface area contributed by atoms with Crippen LogP contribution in [0, 0.1) is 0 Å². The molecule has 1 rings (SSSR count). The summed E-state index contributed by atoms with van der Waals surface area (Å²) in [6, 6.07) is 6.54. The maximum Gasteiger partial charge on any atom is 0.422 e. The van der Waals surface area contributed by atoms with Crippen LogP contribution in [0.15, 0.2) is 29.3 Å². The van der Waals surface area contributed by atoms with Crippen LogP contribution in [0.4, 0.5) is 13.2 Å². The number of rotatable bonds is 11. The van der Waals surface area contributed by atoms with Gasteiger partial charge in [-0.15, -0.1) is 0 Å². The summed E-state index contributed by atoms with van der Waals surface area (Å²) in [6.07, 6.45) is -1.29. The lowest BCUT2D eigenvalue weighted by Crippen LogP contribution is -2.37. The second-order valence-corrected chi connectivity index (χ2v) is 5.72. The van der Waals surface area contributed by atoms with Crippen molar-refractivity contribution in [3.63, 3.8) is 0 Å². The van der Waals surface area contributed by atoms with Crippen LogP contribution in [0.2, 0.25) is 0 Å². The Kier molecular flexibility index (Phi) is 10.5. The van der Waals surface area contributed by atoms with Gasteiger partial charge in [0.1, 0.15) is 5.75 Å². The molecule has 0 saturated carbocycles. The Bertz CT molecular complexity index is 537. The van der Waals surface area contributed by atoms with E-state index in [1.54, 1.807) is 19.2 Å². The predicted octanol–water partition coefficient (Wildman–Crippen LogP) is 3.50. The van der Waals surface area contributed by atoms with Gasteiger partial charge in [0.25, 0.3) is 0 Å². The fourth-order valence-corrected chi connectivity index (χ4v) is 2.05. The lowest BCUT2D eigenvalue weighted by Gasteiger charge is -2.13. The van der Waals surface area contributed by atoms with Crippen molar-refractivity contribution in [2.45, 2.75) is 38.9 Å². The SMILES string of the molecule is CCCCOCCCNC(=NC)NCc1cccc(OCC(F)(F)F)c1. The van der Waals surface area contributed by atoms with Crippen LogP contribution >= 0.6 is 0 Å². The standard InChI is InChI=1S/C18H28F3N3O2/c1-3-4-10-25-11-6-9-23-17(22-2)24-13-15-7-5-8-16(12-15)26-14-18(19,20)21/h5,7-8,12H,3-4,6,9-11,13-14H2,1-2H3,(H2,22,23,24). The number of ether oxygens (including phenoxy) is 2. The molecule has 0 amide bonds. The van der Waals surface area contributed by atoms with Gasteiger partial charge in [0, 0.05) is 33.4 Å². The minimum absolute atomic E-state index is 0.189. The molecule has 0 bridgehead atoms. The van der Waals surface area contributed by atoms with E-state index >= 15 is 0 Å². The molecule has 0 aromatic heterocycles. The van der Waals surface area contributed by atoms with Crippen LogP contribution in [0.3, 0.4) is 0 Å². The number of benzene rings is 1. The van der Waals surface area contributed by atoms with Crippen molar-refractivity contribution in [1.82, 2.24) is 10.6 Å². The third-order valence-corrected chi connectivity index (χ3v) is 3.38. The molecule has 0 heterocycles. The van der Waals surface area contributed by atoms with Crippen molar-refractivity contribution in [1.29, 1.82) is 0 Å². The highest BCUT2D eigenvalue weighted by atomic mass is 19.4. The Morgan fingerprint density at radius 3 is 2.62 bits per heavy atom. The van der Waals surface area contributed by atoms with Crippen molar-refractivity contribution < 1.29 is 22.6 Å². The van der Waals surface area contributed by atoms with Crippen LogP contribution in [-0.4, -0.2) is 45.5 Å². The Balaban J connectivity index is 2.30. The maximum atomic E-state index is 12.2. The zero-order chi connectivity index (χ0) is 19.3. The van der Waals surface area contributed by atoms with E-state index in [4.69, 9.17) is 9.47 Å². The van der Waals surface area contributed by atoms with E-state index in [2.05, 4.69) is 22.5 Å². The summed E-state index contributed by atoms with van der Waals surface area (Å²) in [5, 5.41) is 6.29. The Hall–Kier alpha value is -1.96. The summed E-state index contributed by atoms with van der Waals surface area (Å²) in [5.74, 6) is 0.814. The second kappa shape index (κ2) is 12.4. The van der Waals surface area contributed by atoms with E-state index in [0.29, 0.717) is 19.1 Å². The zero-order valence-electron chi connectivity index (χ0n) is 15.4. The molecular formula is C18H28F3N3O2. The first-order chi connectivity index (χ1) is 12.4. The van der Waals surface area contributed by atoms with E-state index in [-0.39, 0.29) is 5.75 Å². The average Bonchev–Trinajstić information content (AvgIpc) is 2.61. The molecule has 1 aromatic carbocycles. The molecule has 0 aliphatic carbocycles. The van der Waals surface area contributed by atoms with E-state index in [1.165, 1.54) is 6.07 Å².